The molecule has 0 radical (unpaired) electrons. The maximum absolute atomic E-state index is 11.3. The number of urea groups is 1. The molecule has 2 amide bonds. The third-order valence-electron chi connectivity index (χ3n) is 1.70. The van der Waals surface area contributed by atoms with Crippen molar-refractivity contribution in [2.24, 2.45) is 0 Å². The van der Waals surface area contributed by atoms with Gasteiger partial charge in [-0.15, -0.1) is 0 Å². The van der Waals surface area contributed by atoms with Gasteiger partial charge in [0.15, 0.2) is 0 Å². The lowest BCUT2D eigenvalue weighted by atomic mass is 10.1. The number of hydrogen-bond donors (Lipinski definition) is 2. The summed E-state index contributed by atoms with van der Waals surface area (Å²) in [5, 5.41) is 5.60. The first-order valence-electron chi connectivity index (χ1n) is 4.99. The third kappa shape index (κ3) is 5.05. The van der Waals surface area contributed by atoms with Gasteiger partial charge in [0.1, 0.15) is 0 Å². The van der Waals surface area contributed by atoms with Crippen molar-refractivity contribution in [1.82, 2.24) is 20.2 Å². The largest absolute Gasteiger partial charge is 0.336 e. The summed E-state index contributed by atoms with van der Waals surface area (Å²) in [4.78, 5) is 15.3. The zero-order chi connectivity index (χ0) is 11.3. The second kappa shape index (κ2) is 4.82. The van der Waals surface area contributed by atoms with Crippen LogP contribution in [0.5, 0.6) is 0 Å². The fraction of sp³-hybridized carbons (Fsp3) is 0.600. The summed E-state index contributed by atoms with van der Waals surface area (Å²) in [5.41, 5.74) is -0.195. The van der Waals surface area contributed by atoms with E-state index in [1.54, 1.807) is 12.5 Å². The van der Waals surface area contributed by atoms with E-state index in [0.717, 1.165) is 6.54 Å². The minimum atomic E-state index is -0.195. The molecule has 5 nitrogen and oxygen atoms in total. The molecule has 0 saturated heterocycles. The molecule has 0 fully saturated rings. The van der Waals surface area contributed by atoms with Gasteiger partial charge in [0.25, 0.3) is 0 Å². The maximum atomic E-state index is 11.3. The molecular weight excluding hydrogens is 192 g/mol. The second-order valence-corrected chi connectivity index (χ2v) is 4.43. The van der Waals surface area contributed by atoms with Crippen LogP contribution in [0, 0.1) is 0 Å². The molecule has 84 valence electrons. The van der Waals surface area contributed by atoms with Gasteiger partial charge in [-0.1, -0.05) is 0 Å². The predicted octanol–water partition coefficient (Wildman–Crippen LogP) is 0.981. The van der Waals surface area contributed by atoms with E-state index in [4.69, 9.17) is 0 Å². The first kappa shape index (κ1) is 11.6. The Kier molecular flexibility index (Phi) is 3.71. The summed E-state index contributed by atoms with van der Waals surface area (Å²) in [6, 6.07) is -0.136. The minimum absolute atomic E-state index is 0.136. The van der Waals surface area contributed by atoms with E-state index in [1.807, 2.05) is 31.5 Å². The van der Waals surface area contributed by atoms with Gasteiger partial charge >= 0.3 is 6.03 Å². The quantitative estimate of drug-likeness (QED) is 0.781. The summed E-state index contributed by atoms with van der Waals surface area (Å²) < 4.78 is 1.91. The topological polar surface area (TPSA) is 59.0 Å². The van der Waals surface area contributed by atoms with Crippen LogP contribution in [0.3, 0.4) is 0 Å². The van der Waals surface area contributed by atoms with Crippen LogP contribution in [0.15, 0.2) is 18.7 Å². The van der Waals surface area contributed by atoms with Crippen molar-refractivity contribution < 1.29 is 4.79 Å². The van der Waals surface area contributed by atoms with E-state index in [0.29, 0.717) is 6.54 Å². The number of hydrogen-bond acceptors (Lipinski definition) is 2. The van der Waals surface area contributed by atoms with E-state index in [2.05, 4.69) is 15.6 Å². The molecule has 5 heteroatoms. The van der Waals surface area contributed by atoms with Crippen molar-refractivity contribution >= 4 is 6.03 Å². The molecule has 1 aromatic rings. The lowest BCUT2D eigenvalue weighted by Crippen LogP contribution is -2.47. The highest BCUT2D eigenvalue weighted by molar-refractivity contribution is 5.74. The van der Waals surface area contributed by atoms with Crippen molar-refractivity contribution in [1.29, 1.82) is 0 Å². The van der Waals surface area contributed by atoms with Gasteiger partial charge in [0.2, 0.25) is 0 Å². The Labute approximate surface area is 89.9 Å². The van der Waals surface area contributed by atoms with Crippen LogP contribution >= 0.6 is 0 Å². The molecule has 2 N–H and O–H groups in total. The molecule has 0 spiro atoms. The van der Waals surface area contributed by atoms with Crippen molar-refractivity contribution in [3.8, 4) is 0 Å². The number of carbonyl (C=O) groups is 1. The number of nitrogens with zero attached hydrogens (tertiary/aromatic N) is 2. The fourth-order valence-corrected chi connectivity index (χ4v) is 1.10. The number of nitrogens with one attached hydrogen (secondary N) is 2. The fourth-order valence-electron chi connectivity index (χ4n) is 1.10. The molecule has 0 atom stereocenters. The number of aromatic nitrogens is 2. The van der Waals surface area contributed by atoms with Crippen molar-refractivity contribution in [2.45, 2.75) is 32.9 Å². The Bertz CT molecular complexity index is 300. The summed E-state index contributed by atoms with van der Waals surface area (Å²) in [7, 11) is 0. The smallest absolute Gasteiger partial charge is 0.315 e. The average Bonchev–Trinajstić information content (AvgIpc) is 2.53. The molecular formula is C10H18N4O. The molecule has 0 aliphatic rings. The SMILES string of the molecule is CC(C)(C)NC(=O)NCCn1ccnc1. The van der Waals surface area contributed by atoms with Crippen LogP contribution < -0.4 is 10.6 Å². The molecule has 15 heavy (non-hydrogen) atoms. The van der Waals surface area contributed by atoms with E-state index >= 15 is 0 Å². The molecule has 1 heterocycles. The van der Waals surface area contributed by atoms with Crippen LogP contribution in [0.2, 0.25) is 0 Å². The Balaban J connectivity index is 2.18. The zero-order valence-electron chi connectivity index (χ0n) is 9.45. The normalized spacial score (nSPS) is 11.1. The van der Waals surface area contributed by atoms with Crippen LogP contribution in [0.1, 0.15) is 20.8 Å². The van der Waals surface area contributed by atoms with E-state index in [-0.39, 0.29) is 11.6 Å². The van der Waals surface area contributed by atoms with Crippen molar-refractivity contribution in [2.75, 3.05) is 6.54 Å². The number of rotatable bonds is 3. The van der Waals surface area contributed by atoms with Gasteiger partial charge in [-0.25, -0.2) is 9.78 Å². The van der Waals surface area contributed by atoms with Gasteiger partial charge in [0, 0.05) is 31.0 Å². The van der Waals surface area contributed by atoms with Crippen molar-refractivity contribution in [3.63, 3.8) is 0 Å². The second-order valence-electron chi connectivity index (χ2n) is 4.43. The lowest BCUT2D eigenvalue weighted by molar-refractivity contribution is 0.231. The standard InChI is InChI=1S/C10H18N4O/c1-10(2,3)13-9(15)12-5-7-14-6-4-11-8-14/h4,6,8H,5,7H2,1-3H3,(H2,12,13,15). The number of imidazole rings is 1. The van der Waals surface area contributed by atoms with Crippen LogP contribution in [0.25, 0.3) is 0 Å². The van der Waals surface area contributed by atoms with Gasteiger partial charge in [0.05, 0.1) is 6.33 Å². The predicted molar refractivity (Wildman–Crippen MR) is 58.5 cm³/mol. The molecule has 0 bridgehead atoms. The highest BCUT2D eigenvalue weighted by Gasteiger charge is 2.12. The molecule has 0 aliphatic carbocycles. The maximum Gasteiger partial charge on any atom is 0.315 e. The highest BCUT2D eigenvalue weighted by Crippen LogP contribution is 1.97. The minimum Gasteiger partial charge on any atom is -0.336 e. The molecule has 0 saturated carbocycles. The van der Waals surface area contributed by atoms with Gasteiger partial charge in [-0.05, 0) is 20.8 Å². The molecule has 0 aliphatic heterocycles. The monoisotopic (exact) mass is 210 g/mol. The lowest BCUT2D eigenvalue weighted by Gasteiger charge is -2.20. The molecule has 0 unspecified atom stereocenters. The van der Waals surface area contributed by atoms with Crippen LogP contribution in [-0.2, 0) is 6.54 Å². The van der Waals surface area contributed by atoms with Crippen LogP contribution in [-0.4, -0.2) is 27.7 Å². The van der Waals surface area contributed by atoms with Crippen molar-refractivity contribution in [3.05, 3.63) is 18.7 Å². The van der Waals surface area contributed by atoms with E-state index in [9.17, 15) is 4.79 Å². The van der Waals surface area contributed by atoms with Gasteiger partial charge in [-0.3, -0.25) is 0 Å². The third-order valence-corrected chi connectivity index (χ3v) is 1.70. The Morgan fingerprint density at radius 2 is 2.20 bits per heavy atom. The van der Waals surface area contributed by atoms with Crippen LogP contribution in [0.4, 0.5) is 4.79 Å². The Hall–Kier alpha value is -1.52. The first-order valence-corrected chi connectivity index (χ1v) is 4.99. The van der Waals surface area contributed by atoms with Gasteiger partial charge < -0.3 is 15.2 Å². The number of amides is 2. The first-order chi connectivity index (χ1) is 6.97. The molecule has 1 aromatic heterocycles. The molecule has 1 rings (SSSR count). The summed E-state index contributed by atoms with van der Waals surface area (Å²) in [5.74, 6) is 0. The zero-order valence-corrected chi connectivity index (χ0v) is 9.45. The number of carbonyl (C=O) groups excluding carboxylic acids is 1. The summed E-state index contributed by atoms with van der Waals surface area (Å²) in [6.07, 6.45) is 5.31. The summed E-state index contributed by atoms with van der Waals surface area (Å²) >= 11 is 0. The van der Waals surface area contributed by atoms with E-state index < -0.39 is 0 Å². The summed E-state index contributed by atoms with van der Waals surface area (Å²) in [6.45, 7) is 7.17. The highest BCUT2D eigenvalue weighted by atomic mass is 16.2. The Morgan fingerprint density at radius 1 is 1.47 bits per heavy atom. The van der Waals surface area contributed by atoms with Gasteiger partial charge in [-0.2, -0.15) is 0 Å². The average molecular weight is 210 g/mol. The van der Waals surface area contributed by atoms with E-state index in [1.165, 1.54) is 0 Å². The molecule has 0 aromatic carbocycles. The Morgan fingerprint density at radius 3 is 2.73 bits per heavy atom.